The van der Waals surface area contributed by atoms with Gasteiger partial charge in [0, 0.05) is 43.6 Å². The maximum Gasteiger partial charge on any atom is 0.254 e. The SMILES string of the molecule is Cc1cc(C(=O)N2CCN(c3cncc4ncnn34)CC2)ccn1. The third-order valence-electron chi connectivity index (χ3n) is 4.21. The number of hydrogen-bond donors (Lipinski definition) is 0. The summed E-state index contributed by atoms with van der Waals surface area (Å²) >= 11 is 0. The molecule has 4 rings (SSSR count). The Morgan fingerprint density at radius 2 is 1.96 bits per heavy atom. The lowest BCUT2D eigenvalue weighted by molar-refractivity contribution is 0.0746. The van der Waals surface area contributed by atoms with Crippen LogP contribution in [0.1, 0.15) is 16.1 Å². The van der Waals surface area contributed by atoms with Crippen molar-refractivity contribution >= 4 is 17.4 Å². The predicted molar refractivity (Wildman–Crippen MR) is 87.9 cm³/mol. The van der Waals surface area contributed by atoms with Gasteiger partial charge in [0.05, 0.1) is 12.4 Å². The van der Waals surface area contributed by atoms with Crippen molar-refractivity contribution in [2.24, 2.45) is 0 Å². The van der Waals surface area contributed by atoms with E-state index in [0.717, 1.165) is 30.2 Å². The van der Waals surface area contributed by atoms with E-state index in [4.69, 9.17) is 0 Å². The monoisotopic (exact) mass is 323 g/mol. The average molecular weight is 323 g/mol. The number of fused-ring (bicyclic) bond motifs is 1. The summed E-state index contributed by atoms with van der Waals surface area (Å²) in [6, 6.07) is 3.59. The zero-order valence-electron chi connectivity index (χ0n) is 13.3. The molecule has 24 heavy (non-hydrogen) atoms. The molecular formula is C16H17N7O. The van der Waals surface area contributed by atoms with Crippen LogP contribution in [0.4, 0.5) is 5.82 Å². The van der Waals surface area contributed by atoms with Gasteiger partial charge in [-0.1, -0.05) is 0 Å². The number of carbonyl (C=O) groups excluding carboxylic acids is 1. The van der Waals surface area contributed by atoms with Crippen molar-refractivity contribution in [1.82, 2.24) is 29.5 Å². The largest absolute Gasteiger partial charge is 0.352 e. The van der Waals surface area contributed by atoms with Gasteiger partial charge in [0.25, 0.3) is 5.91 Å². The van der Waals surface area contributed by atoms with E-state index >= 15 is 0 Å². The molecule has 122 valence electrons. The van der Waals surface area contributed by atoms with Crippen LogP contribution < -0.4 is 4.90 Å². The van der Waals surface area contributed by atoms with E-state index in [0.29, 0.717) is 18.7 Å². The van der Waals surface area contributed by atoms with Crippen LogP contribution in [0.15, 0.2) is 37.1 Å². The number of rotatable bonds is 2. The molecule has 1 saturated heterocycles. The molecule has 1 aliphatic rings. The molecule has 0 radical (unpaired) electrons. The summed E-state index contributed by atoms with van der Waals surface area (Å²) in [5.74, 6) is 0.953. The number of aromatic nitrogens is 5. The molecule has 1 aliphatic heterocycles. The van der Waals surface area contributed by atoms with Gasteiger partial charge in [0.2, 0.25) is 0 Å². The number of aryl methyl sites for hydroxylation is 1. The van der Waals surface area contributed by atoms with E-state index in [2.05, 4.69) is 25.0 Å². The van der Waals surface area contributed by atoms with Crippen LogP contribution in [-0.2, 0) is 0 Å². The maximum atomic E-state index is 12.6. The molecule has 8 nitrogen and oxygen atoms in total. The van der Waals surface area contributed by atoms with Gasteiger partial charge in [-0.15, -0.1) is 0 Å². The second kappa shape index (κ2) is 5.88. The quantitative estimate of drug-likeness (QED) is 0.694. The van der Waals surface area contributed by atoms with Gasteiger partial charge in [0.1, 0.15) is 6.33 Å². The highest BCUT2D eigenvalue weighted by molar-refractivity contribution is 5.94. The van der Waals surface area contributed by atoms with Crippen LogP contribution in [0.25, 0.3) is 5.65 Å². The molecule has 1 amide bonds. The summed E-state index contributed by atoms with van der Waals surface area (Å²) in [7, 11) is 0. The Morgan fingerprint density at radius 3 is 2.75 bits per heavy atom. The Balaban J connectivity index is 1.49. The maximum absolute atomic E-state index is 12.6. The number of anilines is 1. The summed E-state index contributed by atoms with van der Waals surface area (Å²) in [6.45, 7) is 4.67. The highest BCUT2D eigenvalue weighted by Gasteiger charge is 2.24. The third-order valence-corrected chi connectivity index (χ3v) is 4.21. The van der Waals surface area contributed by atoms with E-state index in [-0.39, 0.29) is 5.91 Å². The molecule has 0 aromatic carbocycles. The second-order valence-corrected chi connectivity index (χ2v) is 5.76. The van der Waals surface area contributed by atoms with Crippen molar-refractivity contribution in [3.8, 4) is 0 Å². The molecule has 4 heterocycles. The van der Waals surface area contributed by atoms with E-state index in [9.17, 15) is 4.79 Å². The van der Waals surface area contributed by atoms with Gasteiger partial charge in [-0.25, -0.2) is 4.98 Å². The van der Waals surface area contributed by atoms with Gasteiger partial charge in [-0.3, -0.25) is 14.8 Å². The Kier molecular flexibility index (Phi) is 3.56. The average Bonchev–Trinajstić information content (AvgIpc) is 3.10. The molecule has 3 aromatic rings. The Hall–Kier alpha value is -3.03. The number of pyridine rings is 1. The van der Waals surface area contributed by atoms with Gasteiger partial charge in [-0.2, -0.15) is 9.61 Å². The van der Waals surface area contributed by atoms with Crippen LogP contribution in [0.3, 0.4) is 0 Å². The minimum absolute atomic E-state index is 0.0530. The zero-order valence-corrected chi connectivity index (χ0v) is 13.3. The Labute approximate surface area is 138 Å². The molecule has 0 aliphatic carbocycles. The van der Waals surface area contributed by atoms with Gasteiger partial charge < -0.3 is 9.80 Å². The van der Waals surface area contributed by atoms with Crippen LogP contribution in [0.2, 0.25) is 0 Å². The summed E-state index contributed by atoms with van der Waals surface area (Å²) in [4.78, 5) is 29.2. The van der Waals surface area contributed by atoms with Gasteiger partial charge in [-0.05, 0) is 19.1 Å². The molecular weight excluding hydrogens is 306 g/mol. The molecule has 1 fully saturated rings. The number of amides is 1. The first-order valence-electron chi connectivity index (χ1n) is 7.83. The number of piperazine rings is 1. The third kappa shape index (κ3) is 2.55. The van der Waals surface area contributed by atoms with Crippen molar-refractivity contribution in [2.75, 3.05) is 31.1 Å². The minimum atomic E-state index is 0.0530. The zero-order chi connectivity index (χ0) is 16.5. The molecule has 0 unspecified atom stereocenters. The summed E-state index contributed by atoms with van der Waals surface area (Å²) < 4.78 is 1.77. The van der Waals surface area contributed by atoms with Crippen LogP contribution in [0.5, 0.6) is 0 Å². The van der Waals surface area contributed by atoms with Gasteiger partial charge >= 0.3 is 0 Å². The molecule has 3 aromatic heterocycles. The van der Waals surface area contributed by atoms with Crippen molar-refractivity contribution in [1.29, 1.82) is 0 Å². The minimum Gasteiger partial charge on any atom is -0.352 e. The van der Waals surface area contributed by atoms with Crippen molar-refractivity contribution < 1.29 is 4.79 Å². The first-order chi connectivity index (χ1) is 11.7. The highest BCUT2D eigenvalue weighted by atomic mass is 16.2. The molecule has 0 spiro atoms. The predicted octanol–water partition coefficient (Wildman–Crippen LogP) is 0.790. The first-order valence-corrected chi connectivity index (χ1v) is 7.83. The van der Waals surface area contributed by atoms with E-state index in [1.165, 1.54) is 6.33 Å². The topological polar surface area (TPSA) is 79.5 Å². The highest BCUT2D eigenvalue weighted by Crippen LogP contribution is 2.17. The number of carbonyl (C=O) groups is 1. The number of hydrogen-bond acceptors (Lipinski definition) is 6. The van der Waals surface area contributed by atoms with Crippen LogP contribution in [-0.4, -0.2) is 61.6 Å². The first kappa shape index (κ1) is 14.6. The van der Waals surface area contributed by atoms with Crippen molar-refractivity contribution in [3.63, 3.8) is 0 Å². The Morgan fingerprint density at radius 1 is 1.12 bits per heavy atom. The van der Waals surface area contributed by atoms with Crippen molar-refractivity contribution in [2.45, 2.75) is 6.92 Å². The fourth-order valence-electron chi connectivity index (χ4n) is 2.96. The lowest BCUT2D eigenvalue weighted by atomic mass is 10.2. The normalized spacial score (nSPS) is 15.0. The summed E-state index contributed by atoms with van der Waals surface area (Å²) in [5, 5.41) is 4.24. The smallest absolute Gasteiger partial charge is 0.254 e. The lowest BCUT2D eigenvalue weighted by Crippen LogP contribution is -2.49. The van der Waals surface area contributed by atoms with E-state index < -0.39 is 0 Å². The standard InChI is InChI=1S/C16H17N7O/c1-12-8-13(2-3-18-12)16(24)22-6-4-21(5-7-22)15-10-17-9-14-19-11-20-23(14)15/h2-3,8-11H,4-7H2,1H3. The second-order valence-electron chi connectivity index (χ2n) is 5.76. The molecule has 0 saturated carbocycles. The molecule has 0 atom stereocenters. The molecule has 8 heteroatoms. The van der Waals surface area contributed by atoms with E-state index in [1.807, 2.05) is 17.9 Å². The fraction of sp³-hybridized carbons (Fsp3) is 0.312. The molecule has 0 N–H and O–H groups in total. The fourth-order valence-corrected chi connectivity index (χ4v) is 2.96. The lowest BCUT2D eigenvalue weighted by Gasteiger charge is -2.35. The van der Waals surface area contributed by atoms with Crippen LogP contribution in [0, 0.1) is 6.92 Å². The van der Waals surface area contributed by atoms with Crippen molar-refractivity contribution in [3.05, 3.63) is 48.3 Å². The van der Waals surface area contributed by atoms with E-state index in [1.54, 1.807) is 29.2 Å². The van der Waals surface area contributed by atoms with Crippen LogP contribution >= 0.6 is 0 Å². The number of nitrogens with zero attached hydrogens (tertiary/aromatic N) is 7. The molecule has 0 bridgehead atoms. The van der Waals surface area contributed by atoms with Gasteiger partial charge in [0.15, 0.2) is 11.5 Å². The summed E-state index contributed by atoms with van der Waals surface area (Å²) in [6.07, 6.45) is 6.66. The summed E-state index contributed by atoms with van der Waals surface area (Å²) in [5.41, 5.74) is 2.26. The Bertz CT molecular complexity index is 883.